The first-order valence-electron chi connectivity index (χ1n) is 6.61. The maximum absolute atomic E-state index is 11.8. The molecule has 0 radical (unpaired) electrons. The summed E-state index contributed by atoms with van der Waals surface area (Å²) < 4.78 is 5.27. The van der Waals surface area contributed by atoms with E-state index in [-0.39, 0.29) is 18.2 Å². The van der Waals surface area contributed by atoms with Crippen molar-refractivity contribution in [3.8, 4) is 0 Å². The molecule has 0 aromatic heterocycles. The second-order valence-electron chi connectivity index (χ2n) is 4.68. The van der Waals surface area contributed by atoms with Crippen molar-refractivity contribution in [2.24, 2.45) is 0 Å². The van der Waals surface area contributed by atoms with Crippen molar-refractivity contribution >= 4 is 47.5 Å². The van der Waals surface area contributed by atoms with E-state index in [0.717, 1.165) is 38.4 Å². The second kappa shape index (κ2) is 9.44. The first-order valence-corrected chi connectivity index (χ1v) is 7.37. The predicted octanol–water partition coefficient (Wildman–Crippen LogP) is 3.72. The molecule has 116 valence electrons. The number of morpholine rings is 1. The molecule has 1 aliphatic rings. The SMILES string of the molecule is Cl.O=C(/C=C/c1ccc(Cl)c(Cl)c1)CCN1CCOCC1. The topological polar surface area (TPSA) is 29.5 Å². The lowest BCUT2D eigenvalue weighted by atomic mass is 10.1. The molecule has 2 rings (SSSR count). The summed E-state index contributed by atoms with van der Waals surface area (Å²) in [5.41, 5.74) is 0.874. The van der Waals surface area contributed by atoms with Gasteiger partial charge in [0, 0.05) is 26.1 Å². The minimum absolute atomic E-state index is 0. The van der Waals surface area contributed by atoms with E-state index in [4.69, 9.17) is 27.9 Å². The van der Waals surface area contributed by atoms with E-state index in [1.807, 2.05) is 6.07 Å². The Morgan fingerprint density at radius 2 is 1.95 bits per heavy atom. The number of ketones is 1. The third-order valence-electron chi connectivity index (χ3n) is 3.18. The van der Waals surface area contributed by atoms with Crippen LogP contribution in [-0.4, -0.2) is 43.5 Å². The summed E-state index contributed by atoms with van der Waals surface area (Å²) in [6, 6.07) is 5.30. The molecule has 1 heterocycles. The number of hydrogen-bond donors (Lipinski definition) is 0. The van der Waals surface area contributed by atoms with Gasteiger partial charge >= 0.3 is 0 Å². The standard InChI is InChI=1S/C15H17Cl2NO2.ClH/c16-14-4-2-12(11-15(14)17)1-3-13(19)5-6-18-7-9-20-10-8-18;/h1-4,11H,5-10H2;1H/b3-1+;. The molecule has 6 heteroatoms. The zero-order chi connectivity index (χ0) is 14.4. The van der Waals surface area contributed by atoms with Crippen LogP contribution in [0.5, 0.6) is 0 Å². The summed E-state index contributed by atoms with van der Waals surface area (Å²) in [7, 11) is 0. The van der Waals surface area contributed by atoms with Crippen LogP contribution in [0.15, 0.2) is 24.3 Å². The van der Waals surface area contributed by atoms with Gasteiger partial charge in [-0.05, 0) is 23.8 Å². The monoisotopic (exact) mass is 349 g/mol. The van der Waals surface area contributed by atoms with Crippen molar-refractivity contribution in [3.05, 3.63) is 39.9 Å². The third-order valence-corrected chi connectivity index (χ3v) is 3.92. The van der Waals surface area contributed by atoms with Gasteiger partial charge in [0.15, 0.2) is 5.78 Å². The highest BCUT2D eigenvalue weighted by Gasteiger charge is 2.10. The molecule has 0 N–H and O–H groups in total. The Morgan fingerprint density at radius 1 is 1.24 bits per heavy atom. The van der Waals surface area contributed by atoms with Crippen LogP contribution in [0.1, 0.15) is 12.0 Å². The van der Waals surface area contributed by atoms with Crippen LogP contribution in [0.3, 0.4) is 0 Å². The lowest BCUT2D eigenvalue weighted by molar-refractivity contribution is -0.115. The van der Waals surface area contributed by atoms with Crippen LogP contribution in [0.2, 0.25) is 10.0 Å². The number of hydrogen-bond acceptors (Lipinski definition) is 3. The largest absolute Gasteiger partial charge is 0.379 e. The average molecular weight is 351 g/mol. The number of carbonyl (C=O) groups excluding carboxylic acids is 1. The Bertz CT molecular complexity index is 500. The molecular formula is C15H18Cl3NO2. The van der Waals surface area contributed by atoms with Gasteiger partial charge < -0.3 is 4.74 Å². The van der Waals surface area contributed by atoms with Crippen molar-refractivity contribution in [2.45, 2.75) is 6.42 Å². The van der Waals surface area contributed by atoms with Crippen molar-refractivity contribution < 1.29 is 9.53 Å². The average Bonchev–Trinajstić information content (AvgIpc) is 2.47. The first-order chi connectivity index (χ1) is 9.65. The minimum Gasteiger partial charge on any atom is -0.379 e. The first kappa shape index (κ1) is 18.5. The van der Waals surface area contributed by atoms with E-state index >= 15 is 0 Å². The van der Waals surface area contributed by atoms with Crippen molar-refractivity contribution in [1.82, 2.24) is 4.90 Å². The highest BCUT2D eigenvalue weighted by Crippen LogP contribution is 2.23. The maximum atomic E-state index is 11.8. The molecule has 1 saturated heterocycles. The van der Waals surface area contributed by atoms with Crippen LogP contribution in [0, 0.1) is 0 Å². The van der Waals surface area contributed by atoms with Gasteiger partial charge in [0.25, 0.3) is 0 Å². The summed E-state index contributed by atoms with van der Waals surface area (Å²) in [5.74, 6) is 0.113. The number of ether oxygens (including phenoxy) is 1. The van der Waals surface area contributed by atoms with Crippen molar-refractivity contribution in [2.75, 3.05) is 32.8 Å². The van der Waals surface area contributed by atoms with Crippen LogP contribution >= 0.6 is 35.6 Å². The molecule has 0 bridgehead atoms. The minimum atomic E-state index is 0. The van der Waals surface area contributed by atoms with Crippen LogP contribution in [-0.2, 0) is 9.53 Å². The molecule has 21 heavy (non-hydrogen) atoms. The molecule has 0 spiro atoms. The number of halogens is 3. The number of rotatable bonds is 5. The smallest absolute Gasteiger partial charge is 0.156 e. The molecule has 1 aromatic carbocycles. The van der Waals surface area contributed by atoms with Gasteiger partial charge in [-0.15, -0.1) is 12.4 Å². The highest BCUT2D eigenvalue weighted by molar-refractivity contribution is 6.42. The van der Waals surface area contributed by atoms with Crippen LogP contribution < -0.4 is 0 Å². The van der Waals surface area contributed by atoms with Gasteiger partial charge in [-0.25, -0.2) is 0 Å². The Kier molecular flexibility index (Phi) is 8.30. The van der Waals surface area contributed by atoms with Gasteiger partial charge in [-0.2, -0.15) is 0 Å². The molecule has 0 unspecified atom stereocenters. The lowest BCUT2D eigenvalue weighted by Crippen LogP contribution is -2.37. The summed E-state index contributed by atoms with van der Waals surface area (Å²) >= 11 is 11.8. The molecule has 1 aliphatic heterocycles. The third kappa shape index (κ3) is 6.37. The number of carbonyl (C=O) groups is 1. The van der Waals surface area contributed by atoms with Gasteiger partial charge in [0.05, 0.1) is 23.3 Å². The van der Waals surface area contributed by atoms with Gasteiger partial charge in [0.1, 0.15) is 0 Å². The zero-order valence-electron chi connectivity index (χ0n) is 11.6. The summed E-state index contributed by atoms with van der Waals surface area (Å²) in [4.78, 5) is 14.1. The van der Waals surface area contributed by atoms with Gasteiger partial charge in [0.2, 0.25) is 0 Å². The van der Waals surface area contributed by atoms with E-state index in [1.165, 1.54) is 0 Å². The molecule has 0 amide bonds. The molecule has 3 nitrogen and oxygen atoms in total. The number of nitrogens with zero attached hydrogens (tertiary/aromatic N) is 1. The molecule has 1 fully saturated rings. The Balaban J connectivity index is 0.00000220. The number of allylic oxidation sites excluding steroid dienone is 1. The fourth-order valence-electron chi connectivity index (χ4n) is 1.98. The molecule has 0 aliphatic carbocycles. The quantitative estimate of drug-likeness (QED) is 0.758. The highest BCUT2D eigenvalue weighted by atomic mass is 35.5. The van der Waals surface area contributed by atoms with E-state index in [1.54, 1.807) is 24.3 Å². The Morgan fingerprint density at radius 3 is 2.62 bits per heavy atom. The van der Waals surface area contributed by atoms with E-state index in [9.17, 15) is 4.79 Å². The predicted molar refractivity (Wildman–Crippen MR) is 89.6 cm³/mol. The Labute approximate surface area is 141 Å². The van der Waals surface area contributed by atoms with E-state index in [0.29, 0.717) is 16.5 Å². The van der Waals surface area contributed by atoms with Crippen LogP contribution in [0.25, 0.3) is 6.08 Å². The second-order valence-corrected chi connectivity index (χ2v) is 5.49. The molecular weight excluding hydrogens is 333 g/mol. The fourth-order valence-corrected chi connectivity index (χ4v) is 2.29. The Hall–Kier alpha value is -0.580. The van der Waals surface area contributed by atoms with Gasteiger partial charge in [-0.1, -0.05) is 35.3 Å². The molecule has 1 aromatic rings. The maximum Gasteiger partial charge on any atom is 0.156 e. The lowest BCUT2D eigenvalue weighted by Gasteiger charge is -2.25. The van der Waals surface area contributed by atoms with Crippen molar-refractivity contribution in [3.63, 3.8) is 0 Å². The molecule has 0 saturated carbocycles. The zero-order valence-corrected chi connectivity index (χ0v) is 13.9. The van der Waals surface area contributed by atoms with Gasteiger partial charge in [-0.3, -0.25) is 9.69 Å². The normalized spacial score (nSPS) is 15.9. The summed E-state index contributed by atoms with van der Waals surface area (Å²) in [6.45, 7) is 4.11. The number of benzene rings is 1. The van der Waals surface area contributed by atoms with E-state index in [2.05, 4.69) is 4.90 Å². The molecule has 0 atom stereocenters. The summed E-state index contributed by atoms with van der Waals surface area (Å²) in [6.07, 6.45) is 3.89. The van der Waals surface area contributed by atoms with Crippen LogP contribution in [0.4, 0.5) is 0 Å². The summed E-state index contributed by atoms with van der Waals surface area (Å²) in [5, 5.41) is 1.01. The fraction of sp³-hybridized carbons (Fsp3) is 0.400. The van der Waals surface area contributed by atoms with E-state index < -0.39 is 0 Å². The van der Waals surface area contributed by atoms with Crippen molar-refractivity contribution in [1.29, 1.82) is 0 Å².